The van der Waals surface area contributed by atoms with Gasteiger partial charge in [0.1, 0.15) is 0 Å². The molecule has 5 heteroatoms. The normalized spacial score (nSPS) is 10.6. The average Bonchev–Trinajstić information content (AvgIpc) is 2.83. The summed E-state index contributed by atoms with van der Waals surface area (Å²) in [5, 5.41) is 12.2. The highest BCUT2D eigenvalue weighted by atomic mass is 79.9. The molecular formula is C16H26BrN3O. The Kier molecular flexibility index (Phi) is 8.38. The van der Waals surface area contributed by atoms with Gasteiger partial charge in [-0.25, -0.2) is 4.98 Å². The highest BCUT2D eigenvalue weighted by Gasteiger charge is 2.09. The largest absolute Gasteiger partial charge is 0.395 e. The van der Waals surface area contributed by atoms with Crippen LogP contribution in [0.3, 0.4) is 0 Å². The fraction of sp³-hybridized carbons (Fsp3) is 0.562. The van der Waals surface area contributed by atoms with Gasteiger partial charge in [-0.1, -0.05) is 44.7 Å². The van der Waals surface area contributed by atoms with Crippen molar-refractivity contribution in [1.29, 1.82) is 0 Å². The average molecular weight is 356 g/mol. The van der Waals surface area contributed by atoms with E-state index < -0.39 is 0 Å². The molecule has 0 aliphatic carbocycles. The van der Waals surface area contributed by atoms with E-state index in [4.69, 9.17) is 5.11 Å². The molecule has 0 atom stereocenters. The molecule has 1 aromatic heterocycles. The van der Waals surface area contributed by atoms with E-state index in [1.165, 1.54) is 37.6 Å². The van der Waals surface area contributed by atoms with Crippen LogP contribution >= 0.6 is 17.0 Å². The van der Waals surface area contributed by atoms with Crippen LogP contribution in [0.15, 0.2) is 24.3 Å². The number of aliphatic hydroxyl groups excluding tert-OH is 1. The van der Waals surface area contributed by atoms with Crippen LogP contribution in [0.4, 0.5) is 5.95 Å². The summed E-state index contributed by atoms with van der Waals surface area (Å²) in [7, 11) is 0. The molecule has 2 N–H and O–H groups in total. The summed E-state index contributed by atoms with van der Waals surface area (Å²) in [6, 6.07) is 8.20. The lowest BCUT2D eigenvalue weighted by Crippen LogP contribution is -2.11. The minimum Gasteiger partial charge on any atom is -0.395 e. The van der Waals surface area contributed by atoms with Crippen LogP contribution in [0.2, 0.25) is 0 Å². The van der Waals surface area contributed by atoms with E-state index in [1.54, 1.807) is 0 Å². The molecule has 0 aliphatic heterocycles. The second-order valence-corrected chi connectivity index (χ2v) is 5.14. The van der Waals surface area contributed by atoms with Gasteiger partial charge in [0.15, 0.2) is 0 Å². The smallest absolute Gasteiger partial charge is 0.203 e. The first-order valence-corrected chi connectivity index (χ1v) is 7.66. The molecule has 1 heterocycles. The monoisotopic (exact) mass is 355 g/mol. The van der Waals surface area contributed by atoms with Crippen LogP contribution in [0.1, 0.15) is 39.0 Å². The molecular weight excluding hydrogens is 330 g/mol. The predicted octanol–water partition coefficient (Wildman–Crippen LogP) is 3.99. The van der Waals surface area contributed by atoms with Gasteiger partial charge in [-0.15, -0.1) is 17.0 Å². The zero-order valence-electron chi connectivity index (χ0n) is 12.7. The zero-order chi connectivity index (χ0) is 14.2. The van der Waals surface area contributed by atoms with Gasteiger partial charge in [0, 0.05) is 13.1 Å². The van der Waals surface area contributed by atoms with E-state index in [2.05, 4.69) is 27.9 Å². The van der Waals surface area contributed by atoms with Crippen LogP contribution in [-0.2, 0) is 6.54 Å². The van der Waals surface area contributed by atoms with Gasteiger partial charge in [-0.3, -0.25) is 0 Å². The number of hydrogen-bond donors (Lipinski definition) is 2. The highest BCUT2D eigenvalue weighted by Crippen LogP contribution is 2.20. The number of nitrogens with zero attached hydrogens (tertiary/aromatic N) is 2. The summed E-state index contributed by atoms with van der Waals surface area (Å²) in [6.45, 7) is 3.89. The van der Waals surface area contributed by atoms with Crippen LogP contribution < -0.4 is 5.32 Å². The standard InChI is InChI=1S/C16H25N3O.BrH/c1-2-3-4-5-8-12-19-15-10-7-6-9-14(15)18-16(19)17-11-13-20;/h6-7,9-10,20H,2-5,8,11-13H2,1H3,(H,17,18);1H. The lowest BCUT2D eigenvalue weighted by atomic mass is 10.1. The number of benzene rings is 1. The third-order valence-corrected chi connectivity index (χ3v) is 3.53. The van der Waals surface area contributed by atoms with Gasteiger partial charge in [0.05, 0.1) is 17.6 Å². The van der Waals surface area contributed by atoms with Crippen molar-refractivity contribution >= 4 is 34.0 Å². The number of halogens is 1. The number of nitrogens with one attached hydrogen (secondary N) is 1. The van der Waals surface area contributed by atoms with Crippen molar-refractivity contribution in [2.24, 2.45) is 0 Å². The summed E-state index contributed by atoms with van der Waals surface area (Å²) < 4.78 is 2.23. The minimum atomic E-state index is 0. The molecule has 1 aromatic carbocycles. The number of para-hydroxylation sites is 2. The van der Waals surface area contributed by atoms with Crippen molar-refractivity contribution in [3.05, 3.63) is 24.3 Å². The van der Waals surface area contributed by atoms with E-state index in [0.717, 1.165) is 18.0 Å². The topological polar surface area (TPSA) is 50.1 Å². The number of aliphatic hydroxyl groups is 1. The van der Waals surface area contributed by atoms with Crippen molar-refractivity contribution < 1.29 is 5.11 Å². The molecule has 118 valence electrons. The minimum absolute atomic E-state index is 0. The molecule has 21 heavy (non-hydrogen) atoms. The third-order valence-electron chi connectivity index (χ3n) is 3.53. The summed E-state index contributed by atoms with van der Waals surface area (Å²) >= 11 is 0. The molecule has 2 aromatic rings. The molecule has 0 fully saturated rings. The van der Waals surface area contributed by atoms with Crippen LogP contribution in [0.25, 0.3) is 11.0 Å². The summed E-state index contributed by atoms with van der Waals surface area (Å²) in [6.07, 6.45) is 6.34. The SMILES string of the molecule is Br.CCCCCCCn1c(NCCO)nc2ccccc21. The molecule has 0 amide bonds. The van der Waals surface area contributed by atoms with E-state index in [0.29, 0.717) is 6.54 Å². The predicted molar refractivity (Wildman–Crippen MR) is 94.4 cm³/mol. The number of aromatic nitrogens is 2. The Bertz CT molecular complexity index is 527. The Morgan fingerprint density at radius 3 is 2.67 bits per heavy atom. The number of imidazole rings is 1. The zero-order valence-corrected chi connectivity index (χ0v) is 14.4. The van der Waals surface area contributed by atoms with Gasteiger partial charge in [-0.05, 0) is 18.6 Å². The van der Waals surface area contributed by atoms with Crippen LogP contribution in [0, 0.1) is 0 Å². The molecule has 0 bridgehead atoms. The summed E-state index contributed by atoms with van der Waals surface area (Å²) in [5.74, 6) is 0.871. The lowest BCUT2D eigenvalue weighted by molar-refractivity contribution is 0.310. The fourth-order valence-corrected chi connectivity index (χ4v) is 2.48. The molecule has 0 saturated heterocycles. The van der Waals surface area contributed by atoms with Crippen molar-refractivity contribution in [2.45, 2.75) is 45.6 Å². The van der Waals surface area contributed by atoms with Crippen molar-refractivity contribution in [1.82, 2.24) is 9.55 Å². The van der Waals surface area contributed by atoms with Crippen LogP contribution in [-0.4, -0.2) is 27.8 Å². The molecule has 0 spiro atoms. The van der Waals surface area contributed by atoms with E-state index in [9.17, 15) is 0 Å². The van der Waals surface area contributed by atoms with E-state index in [1.807, 2.05) is 18.2 Å². The number of hydrogen-bond acceptors (Lipinski definition) is 3. The molecule has 0 saturated carbocycles. The van der Waals surface area contributed by atoms with Crippen molar-refractivity contribution in [2.75, 3.05) is 18.5 Å². The van der Waals surface area contributed by atoms with E-state index >= 15 is 0 Å². The Labute approximate surface area is 137 Å². The van der Waals surface area contributed by atoms with E-state index in [-0.39, 0.29) is 23.6 Å². The molecule has 2 rings (SSSR count). The maximum Gasteiger partial charge on any atom is 0.203 e. The first-order valence-electron chi connectivity index (χ1n) is 7.66. The highest BCUT2D eigenvalue weighted by molar-refractivity contribution is 8.93. The molecule has 0 aliphatic rings. The van der Waals surface area contributed by atoms with Gasteiger partial charge in [0.25, 0.3) is 0 Å². The van der Waals surface area contributed by atoms with Crippen LogP contribution in [0.5, 0.6) is 0 Å². The third kappa shape index (κ3) is 5.00. The summed E-state index contributed by atoms with van der Waals surface area (Å²) in [5.41, 5.74) is 2.19. The number of fused-ring (bicyclic) bond motifs is 1. The van der Waals surface area contributed by atoms with Gasteiger partial charge in [-0.2, -0.15) is 0 Å². The Hall–Kier alpha value is -1.07. The fourth-order valence-electron chi connectivity index (χ4n) is 2.48. The number of aryl methyl sites for hydroxylation is 1. The maximum absolute atomic E-state index is 8.97. The quantitative estimate of drug-likeness (QED) is 0.668. The van der Waals surface area contributed by atoms with Gasteiger partial charge in [0.2, 0.25) is 5.95 Å². The molecule has 4 nitrogen and oxygen atoms in total. The number of unbranched alkanes of at least 4 members (excludes halogenated alkanes) is 4. The van der Waals surface area contributed by atoms with Gasteiger partial charge >= 0.3 is 0 Å². The number of rotatable bonds is 9. The maximum atomic E-state index is 8.97. The van der Waals surface area contributed by atoms with Crippen molar-refractivity contribution in [3.63, 3.8) is 0 Å². The number of anilines is 1. The summed E-state index contributed by atoms with van der Waals surface area (Å²) in [4.78, 5) is 4.61. The second kappa shape index (κ2) is 9.79. The van der Waals surface area contributed by atoms with Gasteiger partial charge < -0.3 is 15.0 Å². The first kappa shape index (κ1) is 18.0. The Balaban J connectivity index is 0.00000220. The first-order chi connectivity index (χ1) is 9.86. The molecule has 0 unspecified atom stereocenters. The van der Waals surface area contributed by atoms with Crippen molar-refractivity contribution in [3.8, 4) is 0 Å². The lowest BCUT2D eigenvalue weighted by Gasteiger charge is -2.10. The Morgan fingerprint density at radius 1 is 1.14 bits per heavy atom. The second-order valence-electron chi connectivity index (χ2n) is 5.14. The molecule has 0 radical (unpaired) electrons. The Morgan fingerprint density at radius 2 is 1.90 bits per heavy atom.